The Morgan fingerprint density at radius 3 is 2.07 bits per heavy atom. The van der Waals surface area contributed by atoms with Gasteiger partial charge in [0.2, 0.25) is 0 Å². The van der Waals surface area contributed by atoms with E-state index in [1.807, 2.05) is 42.8 Å². The number of aromatic nitrogens is 3. The lowest BCUT2D eigenvalue weighted by molar-refractivity contribution is 0.0692. The molecule has 0 fully saturated rings. The van der Waals surface area contributed by atoms with Gasteiger partial charge in [-0.2, -0.15) is 0 Å². The normalized spacial score (nSPS) is 10.8. The number of pyridine rings is 2. The quantitative estimate of drug-likeness (QED) is 0.215. The van der Waals surface area contributed by atoms with E-state index in [2.05, 4.69) is 101 Å². The minimum atomic E-state index is -1.16. The summed E-state index contributed by atoms with van der Waals surface area (Å²) in [5.74, 6) is -1.46. The van der Waals surface area contributed by atoms with Crippen LogP contribution < -0.4 is 0 Å². The highest BCUT2D eigenvalue weighted by molar-refractivity contribution is 6.20. The summed E-state index contributed by atoms with van der Waals surface area (Å²) < 4.78 is 4.13. The van der Waals surface area contributed by atoms with Crippen molar-refractivity contribution in [1.82, 2.24) is 14.0 Å². The summed E-state index contributed by atoms with van der Waals surface area (Å²) in [6.07, 6.45) is 6.96. The number of carbonyl (C=O) groups excluding carboxylic acids is 1. The van der Waals surface area contributed by atoms with E-state index in [-0.39, 0.29) is 16.9 Å². The van der Waals surface area contributed by atoms with Crippen LogP contribution in [0.25, 0.3) is 38.7 Å². The highest BCUT2D eigenvalue weighted by Crippen LogP contribution is 2.36. The zero-order valence-corrected chi connectivity index (χ0v) is 23.8. The zero-order chi connectivity index (χ0) is 29.9. The van der Waals surface area contributed by atoms with Crippen LogP contribution in [-0.4, -0.2) is 30.8 Å². The van der Waals surface area contributed by atoms with Gasteiger partial charge in [-0.25, -0.2) is 4.79 Å². The molecule has 43 heavy (non-hydrogen) atoms. The first-order valence-corrected chi connectivity index (χ1v) is 13.9. The Bertz CT molecular complexity index is 2090. The van der Waals surface area contributed by atoms with Crippen LogP contribution in [0.3, 0.4) is 0 Å². The van der Waals surface area contributed by atoms with E-state index >= 15 is 0 Å². The van der Waals surface area contributed by atoms with E-state index in [0.717, 1.165) is 16.6 Å². The maximum absolute atomic E-state index is 12.9. The van der Waals surface area contributed by atoms with Crippen molar-refractivity contribution >= 4 is 28.2 Å². The zero-order valence-electron chi connectivity index (χ0n) is 23.8. The largest absolute Gasteiger partial charge is 0.478 e. The van der Waals surface area contributed by atoms with Gasteiger partial charge < -0.3 is 14.1 Å². The minimum absolute atomic E-state index is 0.0835. The summed E-state index contributed by atoms with van der Waals surface area (Å²) >= 11 is 0. The van der Waals surface area contributed by atoms with Crippen molar-refractivity contribution in [3.05, 3.63) is 156 Å². The number of ketones is 1. The van der Waals surface area contributed by atoms with Crippen LogP contribution in [0.2, 0.25) is 0 Å². The molecule has 4 aromatic heterocycles. The highest BCUT2D eigenvalue weighted by atomic mass is 16.4. The fourth-order valence-corrected chi connectivity index (χ4v) is 5.57. The van der Waals surface area contributed by atoms with Crippen LogP contribution >= 0.6 is 0 Å². The highest BCUT2D eigenvalue weighted by Gasteiger charge is 2.23. The summed E-state index contributed by atoms with van der Waals surface area (Å²) in [5, 5.41) is 10.1. The number of hydrogen-bond donors (Lipinski definition) is 1. The molecule has 0 radical (unpaired) electrons. The number of carboxylic acid groups (broad SMARTS) is 1. The molecule has 0 saturated heterocycles. The Morgan fingerprint density at radius 2 is 1.35 bits per heavy atom. The average molecular weight is 564 g/mol. The lowest BCUT2D eigenvalue weighted by atomic mass is 9.98. The van der Waals surface area contributed by atoms with Crippen LogP contribution in [0, 0.1) is 6.92 Å². The van der Waals surface area contributed by atoms with E-state index in [4.69, 9.17) is 0 Å². The number of carbonyl (C=O) groups is 2. The topological polar surface area (TPSA) is 76.6 Å². The van der Waals surface area contributed by atoms with Gasteiger partial charge in [0.25, 0.3) is 0 Å². The molecule has 0 aliphatic carbocycles. The molecule has 0 amide bonds. The summed E-state index contributed by atoms with van der Waals surface area (Å²) in [4.78, 5) is 28.0. The molecule has 6 heteroatoms. The Balaban J connectivity index is 0.000000153. The van der Waals surface area contributed by atoms with E-state index in [9.17, 15) is 14.7 Å². The van der Waals surface area contributed by atoms with Crippen LogP contribution in [0.5, 0.6) is 0 Å². The molecule has 4 heterocycles. The molecular weight excluding hydrogens is 534 g/mol. The summed E-state index contributed by atoms with van der Waals surface area (Å²) in [5.41, 5.74) is 8.66. The first kappa shape index (κ1) is 27.4. The van der Waals surface area contributed by atoms with Gasteiger partial charge in [0.1, 0.15) is 0 Å². The number of rotatable bonds is 5. The Morgan fingerprint density at radius 1 is 0.721 bits per heavy atom. The third-order valence-electron chi connectivity index (χ3n) is 7.75. The second-order valence-corrected chi connectivity index (χ2v) is 10.2. The first-order valence-electron chi connectivity index (χ1n) is 13.9. The number of aryl methyl sites for hydroxylation is 1. The van der Waals surface area contributed by atoms with Gasteiger partial charge in [-0.3, -0.25) is 9.78 Å². The third-order valence-corrected chi connectivity index (χ3v) is 7.75. The predicted octanol–water partition coefficient (Wildman–Crippen LogP) is 8.08. The molecule has 7 aromatic rings. The van der Waals surface area contributed by atoms with Crippen LogP contribution in [0.4, 0.5) is 0 Å². The standard InChI is InChI=1S/C20H15N.C17H14N2O3/c1-3-9-16(10-4-1)18-15-21-14-8-7-13-19(21)20(18)17-11-5-2-6-12-17;1-10-15(12-5-3-4-6-14(12)19(10)2)16(20)11-7-8-18-9-13(11)17(21)22/h1-15H;3-9H,1-2H3,(H,21,22). The summed E-state index contributed by atoms with van der Waals surface area (Å²) in [6, 6.07) is 36.5. The molecule has 210 valence electrons. The molecule has 0 aliphatic heterocycles. The van der Waals surface area contributed by atoms with Gasteiger partial charge in [0.15, 0.2) is 5.78 Å². The number of para-hydroxylation sites is 1. The SMILES string of the molecule is Cc1c(C(=O)c2ccncc2C(=O)O)c2ccccc2n1C.c1ccc(-c2cn3ccccc3c2-c2ccccc2)cc1. The fourth-order valence-electron chi connectivity index (χ4n) is 5.57. The third kappa shape index (κ3) is 5.11. The molecule has 0 saturated carbocycles. The lowest BCUT2D eigenvalue weighted by Gasteiger charge is -2.05. The molecule has 0 bridgehead atoms. The van der Waals surface area contributed by atoms with Gasteiger partial charge >= 0.3 is 5.97 Å². The second kappa shape index (κ2) is 11.6. The fraction of sp³-hybridized carbons (Fsp3) is 0.0541. The number of benzene rings is 3. The monoisotopic (exact) mass is 563 g/mol. The van der Waals surface area contributed by atoms with E-state index in [0.29, 0.717) is 5.56 Å². The van der Waals surface area contributed by atoms with E-state index in [1.165, 1.54) is 46.2 Å². The van der Waals surface area contributed by atoms with Crippen molar-refractivity contribution in [1.29, 1.82) is 0 Å². The van der Waals surface area contributed by atoms with Crippen LogP contribution in [0.1, 0.15) is 32.0 Å². The number of fused-ring (bicyclic) bond motifs is 2. The number of aromatic carboxylic acids is 1. The maximum atomic E-state index is 12.9. The van der Waals surface area contributed by atoms with Gasteiger partial charge in [0.05, 0.1) is 16.6 Å². The summed E-state index contributed by atoms with van der Waals surface area (Å²) in [7, 11) is 1.89. The van der Waals surface area contributed by atoms with Crippen molar-refractivity contribution in [2.75, 3.05) is 0 Å². The molecule has 6 nitrogen and oxygen atoms in total. The Labute approximate surface area is 249 Å². The average Bonchev–Trinajstić information content (AvgIpc) is 3.57. The van der Waals surface area contributed by atoms with Gasteiger partial charge in [-0.15, -0.1) is 0 Å². The van der Waals surface area contributed by atoms with Crippen molar-refractivity contribution in [2.24, 2.45) is 7.05 Å². The lowest BCUT2D eigenvalue weighted by Crippen LogP contribution is -2.11. The van der Waals surface area contributed by atoms with Crippen molar-refractivity contribution in [3.63, 3.8) is 0 Å². The van der Waals surface area contributed by atoms with Crippen LogP contribution in [0.15, 0.2) is 134 Å². The molecule has 0 spiro atoms. The summed E-state index contributed by atoms with van der Waals surface area (Å²) in [6.45, 7) is 1.86. The van der Waals surface area contributed by atoms with Gasteiger partial charge in [-0.1, -0.05) is 84.9 Å². The molecule has 3 aromatic carbocycles. The van der Waals surface area contributed by atoms with E-state index < -0.39 is 5.97 Å². The molecular formula is C37H29N3O3. The molecule has 7 rings (SSSR count). The molecule has 0 unspecified atom stereocenters. The second-order valence-electron chi connectivity index (χ2n) is 10.2. The Hall–Kier alpha value is -5.75. The first-order chi connectivity index (χ1) is 21.0. The maximum Gasteiger partial charge on any atom is 0.338 e. The van der Waals surface area contributed by atoms with E-state index in [1.54, 1.807) is 0 Å². The number of carboxylic acids is 1. The van der Waals surface area contributed by atoms with Crippen molar-refractivity contribution < 1.29 is 14.7 Å². The van der Waals surface area contributed by atoms with Crippen molar-refractivity contribution in [3.8, 4) is 22.3 Å². The molecule has 0 atom stereocenters. The van der Waals surface area contributed by atoms with Gasteiger partial charge in [-0.05, 0) is 42.3 Å². The number of nitrogens with zero attached hydrogens (tertiary/aromatic N) is 3. The predicted molar refractivity (Wildman–Crippen MR) is 171 cm³/mol. The van der Waals surface area contributed by atoms with Gasteiger partial charge in [0, 0.05) is 65.1 Å². The minimum Gasteiger partial charge on any atom is -0.478 e. The number of hydrogen-bond acceptors (Lipinski definition) is 3. The van der Waals surface area contributed by atoms with Crippen molar-refractivity contribution in [2.45, 2.75) is 6.92 Å². The molecule has 1 N–H and O–H groups in total. The van der Waals surface area contributed by atoms with Crippen LogP contribution in [-0.2, 0) is 7.05 Å². The molecule has 0 aliphatic rings. The Kier molecular flexibility index (Phi) is 7.41. The smallest absolute Gasteiger partial charge is 0.338 e.